The lowest BCUT2D eigenvalue weighted by atomic mass is 10.1. The summed E-state index contributed by atoms with van der Waals surface area (Å²) in [5.74, 6) is -0.0847. The highest BCUT2D eigenvalue weighted by Gasteiger charge is 2.16. The first-order chi connectivity index (χ1) is 9.56. The van der Waals surface area contributed by atoms with Gasteiger partial charge in [-0.3, -0.25) is 14.9 Å². The van der Waals surface area contributed by atoms with Gasteiger partial charge >= 0.3 is 5.97 Å². The molecular formula is C15H13NO4. The quantitative estimate of drug-likeness (QED) is 0.371. The second-order valence-corrected chi connectivity index (χ2v) is 4.35. The van der Waals surface area contributed by atoms with Gasteiger partial charge in [-0.1, -0.05) is 30.3 Å². The number of esters is 1. The van der Waals surface area contributed by atoms with Crippen molar-refractivity contribution in [2.45, 2.75) is 13.3 Å². The molecule has 0 bridgehead atoms. The molecule has 0 N–H and O–H groups in total. The zero-order valence-electron chi connectivity index (χ0n) is 10.9. The second kappa shape index (κ2) is 5.97. The first-order valence-electron chi connectivity index (χ1n) is 6.06. The van der Waals surface area contributed by atoms with Crippen LogP contribution in [0.4, 0.5) is 5.69 Å². The third kappa shape index (κ3) is 3.41. The molecule has 0 unspecified atom stereocenters. The molecule has 102 valence electrons. The van der Waals surface area contributed by atoms with E-state index in [9.17, 15) is 14.9 Å². The molecule has 5 heteroatoms. The highest BCUT2D eigenvalue weighted by molar-refractivity contribution is 5.76. The van der Waals surface area contributed by atoms with E-state index in [1.807, 2.05) is 13.0 Å². The van der Waals surface area contributed by atoms with E-state index < -0.39 is 10.9 Å². The van der Waals surface area contributed by atoms with Gasteiger partial charge in [0, 0.05) is 11.6 Å². The van der Waals surface area contributed by atoms with Gasteiger partial charge in [0.2, 0.25) is 0 Å². The van der Waals surface area contributed by atoms with Gasteiger partial charge in [0.1, 0.15) is 5.75 Å². The van der Waals surface area contributed by atoms with Crippen molar-refractivity contribution in [3.63, 3.8) is 0 Å². The summed E-state index contributed by atoms with van der Waals surface area (Å²) in [5, 5.41) is 10.9. The third-order valence-corrected chi connectivity index (χ3v) is 2.74. The van der Waals surface area contributed by atoms with Crippen LogP contribution in [0.25, 0.3) is 0 Å². The molecule has 0 amide bonds. The molecule has 0 atom stereocenters. The summed E-state index contributed by atoms with van der Waals surface area (Å²) < 4.78 is 5.17. The van der Waals surface area contributed by atoms with Crippen LogP contribution in [-0.2, 0) is 11.2 Å². The first kappa shape index (κ1) is 13.7. The number of benzene rings is 2. The minimum Gasteiger partial charge on any atom is -0.426 e. The molecule has 2 aromatic carbocycles. The molecule has 0 spiro atoms. The van der Waals surface area contributed by atoms with Crippen LogP contribution in [0.2, 0.25) is 0 Å². The summed E-state index contributed by atoms with van der Waals surface area (Å²) >= 11 is 0. The van der Waals surface area contributed by atoms with Crippen molar-refractivity contribution in [3.05, 3.63) is 69.8 Å². The van der Waals surface area contributed by atoms with E-state index in [-0.39, 0.29) is 12.1 Å². The molecule has 2 rings (SSSR count). The molecule has 0 heterocycles. The summed E-state index contributed by atoms with van der Waals surface area (Å²) in [6.45, 7) is 1.89. The fourth-order valence-corrected chi connectivity index (χ4v) is 1.84. The van der Waals surface area contributed by atoms with Crippen molar-refractivity contribution in [2.75, 3.05) is 0 Å². The van der Waals surface area contributed by atoms with Crippen LogP contribution in [0, 0.1) is 17.0 Å². The third-order valence-electron chi connectivity index (χ3n) is 2.74. The maximum atomic E-state index is 11.8. The Hall–Kier alpha value is -2.69. The van der Waals surface area contributed by atoms with Crippen LogP contribution >= 0.6 is 0 Å². The number of carbonyl (C=O) groups excluding carboxylic acids is 1. The second-order valence-electron chi connectivity index (χ2n) is 4.35. The average molecular weight is 271 g/mol. The molecular weight excluding hydrogens is 258 g/mol. The standard InChI is InChI=1S/C15H13NO4/c1-11-5-4-7-13(9-11)20-15(17)10-12-6-2-3-8-14(12)16(18)19/h2-9H,10H2,1H3. The predicted octanol–water partition coefficient (Wildman–Crippen LogP) is 3.05. The van der Waals surface area contributed by atoms with Gasteiger partial charge in [0.15, 0.2) is 0 Å². The van der Waals surface area contributed by atoms with Gasteiger partial charge in [0.25, 0.3) is 5.69 Å². The van der Waals surface area contributed by atoms with E-state index in [4.69, 9.17) is 4.74 Å². The number of carbonyl (C=O) groups is 1. The maximum absolute atomic E-state index is 11.8. The van der Waals surface area contributed by atoms with Crippen LogP contribution in [0.3, 0.4) is 0 Å². The summed E-state index contributed by atoms with van der Waals surface area (Å²) in [5.41, 5.74) is 1.24. The van der Waals surface area contributed by atoms with Gasteiger partial charge in [-0.2, -0.15) is 0 Å². The van der Waals surface area contributed by atoms with Gasteiger partial charge in [0.05, 0.1) is 11.3 Å². The van der Waals surface area contributed by atoms with Crippen LogP contribution in [0.15, 0.2) is 48.5 Å². The van der Waals surface area contributed by atoms with Crippen molar-refractivity contribution in [1.29, 1.82) is 0 Å². The molecule has 0 aromatic heterocycles. The van der Waals surface area contributed by atoms with Crippen molar-refractivity contribution < 1.29 is 14.5 Å². The fourth-order valence-electron chi connectivity index (χ4n) is 1.84. The van der Waals surface area contributed by atoms with Gasteiger partial charge < -0.3 is 4.74 Å². The maximum Gasteiger partial charge on any atom is 0.315 e. The normalized spacial score (nSPS) is 10.1. The van der Waals surface area contributed by atoms with Crippen LogP contribution < -0.4 is 4.74 Å². The van der Waals surface area contributed by atoms with Crippen molar-refractivity contribution >= 4 is 11.7 Å². The fraction of sp³-hybridized carbons (Fsp3) is 0.133. The van der Waals surface area contributed by atoms with E-state index in [1.165, 1.54) is 6.07 Å². The largest absolute Gasteiger partial charge is 0.426 e. The Morgan fingerprint density at radius 3 is 2.65 bits per heavy atom. The molecule has 0 aliphatic heterocycles. The number of nitrogens with zero attached hydrogens (tertiary/aromatic N) is 1. The Morgan fingerprint density at radius 1 is 1.20 bits per heavy atom. The lowest BCUT2D eigenvalue weighted by molar-refractivity contribution is -0.385. The number of hydrogen-bond acceptors (Lipinski definition) is 4. The minimum absolute atomic E-state index is 0.0753. The zero-order chi connectivity index (χ0) is 14.5. The van der Waals surface area contributed by atoms with Crippen molar-refractivity contribution in [2.24, 2.45) is 0 Å². The van der Waals surface area contributed by atoms with Crippen molar-refractivity contribution in [1.82, 2.24) is 0 Å². The van der Waals surface area contributed by atoms with Crippen LogP contribution in [0.5, 0.6) is 5.75 Å². The topological polar surface area (TPSA) is 69.4 Å². The summed E-state index contributed by atoms with van der Waals surface area (Å²) in [4.78, 5) is 22.2. The number of nitro groups is 1. The molecule has 20 heavy (non-hydrogen) atoms. The lowest BCUT2D eigenvalue weighted by Gasteiger charge is -2.05. The number of ether oxygens (including phenoxy) is 1. The molecule has 0 fully saturated rings. The molecule has 0 aliphatic carbocycles. The lowest BCUT2D eigenvalue weighted by Crippen LogP contribution is -2.12. The summed E-state index contributed by atoms with van der Waals surface area (Å²) in [6, 6.07) is 13.2. The number of para-hydroxylation sites is 1. The Labute approximate surface area is 116 Å². The Kier molecular flexibility index (Phi) is 4.10. The monoisotopic (exact) mass is 271 g/mol. The summed E-state index contributed by atoms with van der Waals surface area (Å²) in [6.07, 6.45) is -0.134. The van der Waals surface area contributed by atoms with Gasteiger partial charge in [-0.25, -0.2) is 0 Å². The summed E-state index contributed by atoms with van der Waals surface area (Å²) in [7, 11) is 0. The van der Waals surface area contributed by atoms with E-state index in [0.29, 0.717) is 11.3 Å². The Bertz CT molecular complexity index is 652. The van der Waals surface area contributed by atoms with E-state index in [0.717, 1.165) is 5.56 Å². The van der Waals surface area contributed by atoms with Crippen LogP contribution in [-0.4, -0.2) is 10.9 Å². The van der Waals surface area contributed by atoms with E-state index in [1.54, 1.807) is 36.4 Å². The van der Waals surface area contributed by atoms with Gasteiger partial charge in [-0.15, -0.1) is 0 Å². The van der Waals surface area contributed by atoms with E-state index >= 15 is 0 Å². The number of nitro benzene ring substituents is 1. The zero-order valence-corrected chi connectivity index (χ0v) is 10.9. The number of hydrogen-bond donors (Lipinski definition) is 0. The first-order valence-corrected chi connectivity index (χ1v) is 6.06. The van der Waals surface area contributed by atoms with E-state index in [2.05, 4.69) is 0 Å². The predicted molar refractivity (Wildman–Crippen MR) is 73.6 cm³/mol. The van der Waals surface area contributed by atoms with Crippen molar-refractivity contribution in [3.8, 4) is 5.75 Å². The number of aryl methyl sites for hydroxylation is 1. The SMILES string of the molecule is Cc1cccc(OC(=O)Cc2ccccc2[N+](=O)[O-])c1. The Balaban J connectivity index is 2.11. The minimum atomic E-state index is -0.523. The smallest absolute Gasteiger partial charge is 0.315 e. The molecule has 0 aliphatic rings. The highest BCUT2D eigenvalue weighted by Crippen LogP contribution is 2.19. The highest BCUT2D eigenvalue weighted by atomic mass is 16.6. The Morgan fingerprint density at radius 2 is 1.95 bits per heavy atom. The molecule has 5 nitrogen and oxygen atoms in total. The van der Waals surface area contributed by atoms with Gasteiger partial charge in [-0.05, 0) is 24.6 Å². The number of rotatable bonds is 4. The molecule has 2 aromatic rings. The molecule has 0 radical (unpaired) electrons. The molecule has 0 saturated heterocycles. The van der Waals surface area contributed by atoms with Crippen LogP contribution in [0.1, 0.15) is 11.1 Å². The molecule has 0 saturated carbocycles. The average Bonchev–Trinajstić information content (AvgIpc) is 2.38.